The summed E-state index contributed by atoms with van der Waals surface area (Å²) in [5.41, 5.74) is 3.03. The monoisotopic (exact) mass is 370 g/mol. The number of hydrogen-bond acceptors (Lipinski definition) is 5. The summed E-state index contributed by atoms with van der Waals surface area (Å²) < 4.78 is 0. The van der Waals surface area contributed by atoms with E-state index in [9.17, 15) is 5.11 Å². The van der Waals surface area contributed by atoms with Crippen LogP contribution in [0.2, 0.25) is 0 Å². The summed E-state index contributed by atoms with van der Waals surface area (Å²) in [6.07, 6.45) is 4.18. The highest BCUT2D eigenvalue weighted by Crippen LogP contribution is 2.26. The molecule has 2 aromatic heterocycles. The Morgan fingerprint density at radius 1 is 0.857 bits per heavy atom. The van der Waals surface area contributed by atoms with Gasteiger partial charge in [-0.1, -0.05) is 42.5 Å². The van der Waals surface area contributed by atoms with Gasteiger partial charge >= 0.3 is 0 Å². The van der Waals surface area contributed by atoms with Gasteiger partial charge in [0.05, 0.1) is 5.52 Å². The lowest BCUT2D eigenvalue weighted by molar-refractivity contribution is 0.277. The summed E-state index contributed by atoms with van der Waals surface area (Å²) in [5, 5.41) is 14.0. The molecule has 0 amide bonds. The van der Waals surface area contributed by atoms with Crippen LogP contribution in [0.5, 0.6) is 0 Å². The second kappa shape index (κ2) is 8.59. The van der Waals surface area contributed by atoms with Gasteiger partial charge in [-0.3, -0.25) is 4.98 Å². The molecule has 0 saturated heterocycles. The summed E-state index contributed by atoms with van der Waals surface area (Å²) in [5.74, 6) is 1.67. The SMILES string of the molecule is OCCC(CNc1nc(-c2ccncc2)nc2ccccc12)c1ccccc1. The van der Waals surface area contributed by atoms with Crippen LogP contribution in [0.1, 0.15) is 17.9 Å². The van der Waals surface area contributed by atoms with E-state index in [1.165, 1.54) is 5.56 Å². The predicted octanol–water partition coefficient (Wildman–Crippen LogP) is 4.27. The van der Waals surface area contributed by atoms with Crippen LogP contribution < -0.4 is 5.32 Å². The highest BCUT2D eigenvalue weighted by Gasteiger charge is 2.14. The fourth-order valence-electron chi connectivity index (χ4n) is 3.33. The summed E-state index contributed by atoms with van der Waals surface area (Å²) in [4.78, 5) is 13.6. The molecule has 2 N–H and O–H groups in total. The second-order valence-corrected chi connectivity index (χ2v) is 6.65. The molecular weight excluding hydrogens is 348 g/mol. The average molecular weight is 370 g/mol. The molecule has 0 spiro atoms. The Hall–Kier alpha value is -3.31. The maximum absolute atomic E-state index is 9.50. The van der Waals surface area contributed by atoms with Gasteiger partial charge in [-0.05, 0) is 36.2 Å². The van der Waals surface area contributed by atoms with Crippen molar-refractivity contribution in [2.24, 2.45) is 0 Å². The lowest BCUT2D eigenvalue weighted by atomic mass is 9.96. The highest BCUT2D eigenvalue weighted by molar-refractivity contribution is 5.90. The molecule has 0 bridgehead atoms. The molecule has 0 aliphatic heterocycles. The van der Waals surface area contributed by atoms with Crippen LogP contribution in [0.25, 0.3) is 22.3 Å². The van der Waals surface area contributed by atoms with Crippen LogP contribution in [0.15, 0.2) is 79.1 Å². The van der Waals surface area contributed by atoms with Crippen LogP contribution in [0.3, 0.4) is 0 Å². The van der Waals surface area contributed by atoms with Gasteiger partial charge in [0.25, 0.3) is 0 Å². The van der Waals surface area contributed by atoms with Gasteiger partial charge in [0.2, 0.25) is 0 Å². The van der Waals surface area contributed by atoms with Gasteiger partial charge in [0, 0.05) is 42.4 Å². The zero-order chi connectivity index (χ0) is 19.2. The molecule has 0 saturated carbocycles. The minimum absolute atomic E-state index is 0.147. The molecule has 1 atom stereocenters. The Kier molecular flexibility index (Phi) is 5.54. The van der Waals surface area contributed by atoms with Crippen LogP contribution in [0, 0.1) is 0 Å². The number of aliphatic hydroxyl groups excluding tert-OH is 1. The topological polar surface area (TPSA) is 70.9 Å². The van der Waals surface area contributed by atoms with Crippen molar-refractivity contribution in [2.45, 2.75) is 12.3 Å². The molecule has 140 valence electrons. The van der Waals surface area contributed by atoms with E-state index in [1.54, 1.807) is 12.4 Å². The number of hydrogen-bond donors (Lipinski definition) is 2. The van der Waals surface area contributed by atoms with Crippen LogP contribution >= 0.6 is 0 Å². The number of rotatable bonds is 7. The number of para-hydroxylation sites is 1. The van der Waals surface area contributed by atoms with E-state index in [0.717, 1.165) is 22.3 Å². The van der Waals surface area contributed by atoms with Gasteiger partial charge in [-0.25, -0.2) is 9.97 Å². The maximum atomic E-state index is 9.50. The number of aromatic nitrogens is 3. The van der Waals surface area contributed by atoms with Crippen molar-refractivity contribution in [3.63, 3.8) is 0 Å². The Bertz CT molecular complexity index is 1040. The number of anilines is 1. The summed E-state index contributed by atoms with van der Waals surface area (Å²) >= 11 is 0. The van der Waals surface area contributed by atoms with E-state index in [2.05, 4.69) is 22.4 Å². The summed E-state index contributed by atoms with van der Waals surface area (Å²) in [6.45, 7) is 0.829. The molecule has 4 aromatic rings. The fraction of sp³-hybridized carbons (Fsp3) is 0.174. The first-order valence-electron chi connectivity index (χ1n) is 9.42. The van der Waals surface area contributed by atoms with E-state index in [1.807, 2.05) is 54.6 Å². The van der Waals surface area contributed by atoms with Crippen molar-refractivity contribution in [2.75, 3.05) is 18.5 Å². The molecule has 2 aromatic carbocycles. The summed E-state index contributed by atoms with van der Waals surface area (Å²) in [6, 6.07) is 22.1. The Morgan fingerprint density at radius 3 is 2.39 bits per heavy atom. The third-order valence-corrected chi connectivity index (χ3v) is 4.81. The lowest BCUT2D eigenvalue weighted by Gasteiger charge is -2.18. The molecule has 2 heterocycles. The van der Waals surface area contributed by atoms with Gasteiger partial charge in [0.1, 0.15) is 5.82 Å². The van der Waals surface area contributed by atoms with Gasteiger partial charge in [0.15, 0.2) is 5.82 Å². The maximum Gasteiger partial charge on any atom is 0.162 e. The van der Waals surface area contributed by atoms with E-state index in [4.69, 9.17) is 9.97 Å². The third kappa shape index (κ3) is 4.00. The van der Waals surface area contributed by atoms with Crippen molar-refractivity contribution >= 4 is 16.7 Å². The molecule has 28 heavy (non-hydrogen) atoms. The number of aliphatic hydroxyl groups is 1. The van der Waals surface area contributed by atoms with E-state index in [0.29, 0.717) is 18.8 Å². The summed E-state index contributed by atoms with van der Waals surface area (Å²) in [7, 11) is 0. The van der Waals surface area contributed by atoms with Crippen molar-refractivity contribution in [3.05, 3.63) is 84.7 Å². The van der Waals surface area contributed by atoms with Crippen molar-refractivity contribution < 1.29 is 5.11 Å². The Morgan fingerprint density at radius 2 is 1.61 bits per heavy atom. The van der Waals surface area contributed by atoms with E-state index >= 15 is 0 Å². The van der Waals surface area contributed by atoms with E-state index < -0.39 is 0 Å². The van der Waals surface area contributed by atoms with Gasteiger partial charge in [-0.15, -0.1) is 0 Å². The molecule has 5 nitrogen and oxygen atoms in total. The van der Waals surface area contributed by atoms with E-state index in [-0.39, 0.29) is 12.5 Å². The quantitative estimate of drug-likeness (QED) is 0.508. The normalized spacial score (nSPS) is 12.0. The first-order chi connectivity index (χ1) is 13.8. The number of pyridine rings is 1. The van der Waals surface area contributed by atoms with Crippen molar-refractivity contribution in [1.29, 1.82) is 0 Å². The molecule has 0 fully saturated rings. The molecule has 0 aliphatic rings. The molecule has 0 aliphatic carbocycles. The molecular formula is C23H22N4O. The lowest BCUT2D eigenvalue weighted by Crippen LogP contribution is -2.15. The second-order valence-electron chi connectivity index (χ2n) is 6.65. The fourth-order valence-corrected chi connectivity index (χ4v) is 3.33. The molecule has 0 radical (unpaired) electrons. The standard InChI is InChI=1S/C23H22N4O/c28-15-12-19(17-6-2-1-3-7-17)16-25-23-20-8-4-5-9-21(20)26-22(27-23)18-10-13-24-14-11-18/h1-11,13-14,19,28H,12,15-16H2,(H,25,26,27). The first-order valence-corrected chi connectivity index (χ1v) is 9.42. The van der Waals surface area contributed by atoms with Crippen molar-refractivity contribution in [3.8, 4) is 11.4 Å². The zero-order valence-corrected chi connectivity index (χ0v) is 15.5. The van der Waals surface area contributed by atoms with Gasteiger partial charge in [-0.2, -0.15) is 0 Å². The predicted molar refractivity (Wildman–Crippen MR) is 112 cm³/mol. The minimum Gasteiger partial charge on any atom is -0.396 e. The highest BCUT2D eigenvalue weighted by atomic mass is 16.3. The molecule has 1 unspecified atom stereocenters. The van der Waals surface area contributed by atoms with Crippen LogP contribution in [-0.4, -0.2) is 33.2 Å². The number of benzene rings is 2. The van der Waals surface area contributed by atoms with Crippen LogP contribution in [0.4, 0.5) is 5.82 Å². The average Bonchev–Trinajstić information content (AvgIpc) is 2.77. The number of fused-ring (bicyclic) bond motifs is 1. The molecule has 4 rings (SSSR count). The van der Waals surface area contributed by atoms with Crippen molar-refractivity contribution in [1.82, 2.24) is 15.0 Å². The van der Waals surface area contributed by atoms with Gasteiger partial charge < -0.3 is 10.4 Å². The third-order valence-electron chi connectivity index (χ3n) is 4.81. The smallest absolute Gasteiger partial charge is 0.162 e. The minimum atomic E-state index is 0.147. The number of nitrogens with one attached hydrogen (secondary N) is 1. The number of nitrogens with zero attached hydrogens (tertiary/aromatic N) is 3. The largest absolute Gasteiger partial charge is 0.396 e. The first kappa shape index (κ1) is 18.1. The Balaban J connectivity index is 1.67. The Labute approximate surface area is 164 Å². The molecule has 5 heteroatoms. The zero-order valence-electron chi connectivity index (χ0n) is 15.5. The van der Waals surface area contributed by atoms with Crippen LogP contribution in [-0.2, 0) is 0 Å².